The van der Waals surface area contributed by atoms with Gasteiger partial charge in [-0.3, -0.25) is 9.97 Å². The Kier molecular flexibility index (Phi) is 6.33. The predicted molar refractivity (Wildman–Crippen MR) is 115 cm³/mol. The number of rotatable bonds is 6. The van der Waals surface area contributed by atoms with Gasteiger partial charge < -0.3 is 10.1 Å². The van der Waals surface area contributed by atoms with Gasteiger partial charge in [-0.05, 0) is 44.7 Å². The molecule has 2 heterocycles. The number of nitrogens with one attached hydrogen (secondary N) is 1. The second kappa shape index (κ2) is 9.02. The molecule has 0 unspecified atom stereocenters. The fraction of sp³-hybridized carbons (Fsp3) is 0.417. The second-order valence-electron chi connectivity index (χ2n) is 8.26. The molecule has 1 aromatic carbocycles. The van der Waals surface area contributed by atoms with Crippen molar-refractivity contribution in [2.24, 2.45) is 0 Å². The molecule has 0 radical (unpaired) electrons. The first-order chi connectivity index (χ1) is 15.3. The van der Waals surface area contributed by atoms with Crippen LogP contribution in [0.5, 0.6) is 0 Å². The summed E-state index contributed by atoms with van der Waals surface area (Å²) in [4.78, 5) is 8.62. The Morgan fingerprint density at radius 3 is 2.53 bits per heavy atom. The summed E-state index contributed by atoms with van der Waals surface area (Å²) < 4.78 is 61.8. The third kappa shape index (κ3) is 4.28. The zero-order valence-corrected chi connectivity index (χ0v) is 17.9. The van der Waals surface area contributed by atoms with Gasteiger partial charge in [0.1, 0.15) is 5.82 Å². The number of halogens is 4. The van der Waals surface area contributed by atoms with Crippen LogP contribution in [0.3, 0.4) is 0 Å². The molecule has 1 aliphatic carbocycles. The molecule has 1 saturated carbocycles. The van der Waals surface area contributed by atoms with Crippen molar-refractivity contribution >= 4 is 16.6 Å². The number of fused-ring (bicyclic) bond motifs is 1. The van der Waals surface area contributed by atoms with Crippen LogP contribution in [-0.2, 0) is 10.4 Å². The maximum Gasteiger partial charge on any atom is 0.266 e. The molecule has 170 valence electrons. The summed E-state index contributed by atoms with van der Waals surface area (Å²) in [5, 5.41) is 3.81. The molecule has 1 atom stereocenters. The Hall–Kier alpha value is -2.74. The van der Waals surface area contributed by atoms with Crippen molar-refractivity contribution in [1.82, 2.24) is 9.97 Å². The normalized spacial score (nSPS) is 22.3. The molecule has 8 heteroatoms. The first kappa shape index (κ1) is 22.5. The molecule has 0 bridgehead atoms. The van der Waals surface area contributed by atoms with Crippen LogP contribution < -0.4 is 5.32 Å². The lowest BCUT2D eigenvalue weighted by Crippen LogP contribution is -2.31. The van der Waals surface area contributed by atoms with Crippen molar-refractivity contribution in [3.05, 3.63) is 65.4 Å². The highest BCUT2D eigenvalue weighted by Crippen LogP contribution is 2.42. The Morgan fingerprint density at radius 1 is 1.12 bits per heavy atom. The van der Waals surface area contributed by atoms with Crippen molar-refractivity contribution in [1.29, 1.82) is 0 Å². The summed E-state index contributed by atoms with van der Waals surface area (Å²) in [5.41, 5.74) is -0.576. The Balaban J connectivity index is 1.65. The molecule has 0 amide bonds. The zero-order valence-electron chi connectivity index (χ0n) is 17.9. The van der Waals surface area contributed by atoms with E-state index in [0.717, 1.165) is 6.07 Å². The molecule has 1 fully saturated rings. The van der Waals surface area contributed by atoms with Gasteiger partial charge in [0.15, 0.2) is 5.67 Å². The van der Waals surface area contributed by atoms with E-state index in [4.69, 9.17) is 4.74 Å². The highest BCUT2D eigenvalue weighted by Gasteiger charge is 2.38. The summed E-state index contributed by atoms with van der Waals surface area (Å²) in [5.74, 6) is -0.930. The molecule has 0 spiro atoms. The average molecular weight is 447 g/mol. The van der Waals surface area contributed by atoms with Crippen LogP contribution in [0, 0.1) is 5.82 Å². The number of aromatic nitrogens is 2. The molecule has 4 nitrogen and oxygen atoms in total. The predicted octanol–water partition coefficient (Wildman–Crippen LogP) is 6.63. The van der Waals surface area contributed by atoms with Gasteiger partial charge in [-0.25, -0.2) is 17.6 Å². The van der Waals surface area contributed by atoms with Crippen molar-refractivity contribution in [2.45, 2.75) is 56.8 Å². The quantitative estimate of drug-likeness (QED) is 0.431. The van der Waals surface area contributed by atoms with E-state index in [0.29, 0.717) is 48.0 Å². The maximum absolute atomic E-state index is 15.7. The smallest absolute Gasteiger partial charge is 0.266 e. The fourth-order valence-corrected chi connectivity index (χ4v) is 4.34. The first-order valence-corrected chi connectivity index (χ1v) is 10.6. The molecular weight excluding hydrogens is 422 g/mol. The number of ether oxygens (including phenoxy) is 1. The number of nitrogens with zero attached hydrogens (tertiary/aromatic N) is 2. The highest BCUT2D eigenvalue weighted by molar-refractivity contribution is 5.91. The summed E-state index contributed by atoms with van der Waals surface area (Å²) in [6.07, 6.45) is 2.11. The van der Waals surface area contributed by atoms with Crippen molar-refractivity contribution in [3.63, 3.8) is 0 Å². The van der Waals surface area contributed by atoms with E-state index >= 15 is 4.39 Å². The molecule has 4 rings (SSSR count). The summed E-state index contributed by atoms with van der Waals surface area (Å²) in [7, 11) is 1.63. The first-order valence-electron chi connectivity index (χ1n) is 10.6. The lowest BCUT2D eigenvalue weighted by molar-refractivity contribution is 0.00393. The monoisotopic (exact) mass is 447 g/mol. The van der Waals surface area contributed by atoms with E-state index in [9.17, 15) is 13.2 Å². The summed E-state index contributed by atoms with van der Waals surface area (Å²) in [6, 6.07) is 6.73. The molecule has 2 aromatic heterocycles. The number of benzene rings is 1. The van der Waals surface area contributed by atoms with Gasteiger partial charge in [0.25, 0.3) is 6.43 Å². The number of pyridine rings is 2. The topological polar surface area (TPSA) is 47.0 Å². The van der Waals surface area contributed by atoms with Crippen LogP contribution in [0.4, 0.5) is 23.2 Å². The van der Waals surface area contributed by atoms with Gasteiger partial charge in [0.05, 0.1) is 35.1 Å². The molecule has 3 aromatic rings. The Bertz CT molecular complexity index is 1100. The third-order valence-corrected chi connectivity index (χ3v) is 6.28. The van der Waals surface area contributed by atoms with E-state index in [1.165, 1.54) is 18.3 Å². The van der Waals surface area contributed by atoms with Crippen LogP contribution in [0.25, 0.3) is 10.9 Å². The molecule has 1 aliphatic rings. The molecule has 32 heavy (non-hydrogen) atoms. The molecule has 0 saturated heterocycles. The summed E-state index contributed by atoms with van der Waals surface area (Å²) in [6.45, 7) is 1.69. The minimum atomic E-state index is -2.90. The number of anilines is 1. The van der Waals surface area contributed by atoms with Crippen LogP contribution in [-0.4, -0.2) is 23.2 Å². The molecule has 1 N–H and O–H groups in total. The minimum absolute atomic E-state index is 0.0537. The van der Waals surface area contributed by atoms with Crippen molar-refractivity contribution in [2.75, 3.05) is 12.4 Å². The average Bonchev–Trinajstić information content (AvgIpc) is 2.79. The Morgan fingerprint density at radius 2 is 1.84 bits per heavy atom. The largest absolute Gasteiger partial charge is 0.381 e. The molecule has 0 aliphatic heterocycles. The Labute approximate surface area is 184 Å². The van der Waals surface area contributed by atoms with E-state index in [1.54, 1.807) is 32.4 Å². The standard InChI is InChI=1S/C24H25F4N3O/c1-14(16-4-3-5-17(22(16)25)23(26)27)31-19-8-11-29-20-13-30-21(12-18(19)20)24(28)9-6-15(32-2)7-10-24/h3-5,8,11-15,23H,6-7,9-10H2,1-2H3,(H,29,31)/t14-,15?,24?/m1/s1. The minimum Gasteiger partial charge on any atom is -0.381 e. The fourth-order valence-electron chi connectivity index (χ4n) is 4.34. The third-order valence-electron chi connectivity index (χ3n) is 6.28. The van der Waals surface area contributed by atoms with Gasteiger partial charge in [-0.15, -0.1) is 0 Å². The van der Waals surface area contributed by atoms with Gasteiger partial charge in [-0.2, -0.15) is 0 Å². The van der Waals surface area contributed by atoms with Gasteiger partial charge in [-0.1, -0.05) is 18.2 Å². The van der Waals surface area contributed by atoms with Crippen LogP contribution >= 0.6 is 0 Å². The van der Waals surface area contributed by atoms with E-state index in [1.807, 2.05) is 0 Å². The van der Waals surface area contributed by atoms with Gasteiger partial charge in [0, 0.05) is 29.9 Å². The number of alkyl halides is 3. The second-order valence-corrected chi connectivity index (χ2v) is 8.26. The van der Waals surface area contributed by atoms with Gasteiger partial charge in [0.2, 0.25) is 0 Å². The molecular formula is C24H25F4N3O. The number of methoxy groups -OCH3 is 1. The van der Waals surface area contributed by atoms with Crippen LogP contribution in [0.2, 0.25) is 0 Å². The highest BCUT2D eigenvalue weighted by atomic mass is 19.3. The lowest BCUT2D eigenvalue weighted by Gasteiger charge is -2.33. The number of hydrogen-bond acceptors (Lipinski definition) is 4. The van der Waals surface area contributed by atoms with Crippen LogP contribution in [0.1, 0.15) is 61.9 Å². The summed E-state index contributed by atoms with van der Waals surface area (Å²) >= 11 is 0. The maximum atomic E-state index is 15.7. The number of hydrogen-bond donors (Lipinski definition) is 1. The zero-order chi connectivity index (χ0) is 22.9. The van der Waals surface area contributed by atoms with Gasteiger partial charge >= 0.3 is 0 Å². The van der Waals surface area contributed by atoms with Crippen molar-refractivity contribution in [3.8, 4) is 0 Å². The van der Waals surface area contributed by atoms with Crippen molar-refractivity contribution < 1.29 is 22.3 Å². The van der Waals surface area contributed by atoms with E-state index < -0.39 is 29.5 Å². The SMILES string of the molecule is COC1CCC(F)(c2cc3c(N[C@H](C)c4cccc(C(F)F)c4F)ccnc3cn2)CC1. The van der Waals surface area contributed by atoms with E-state index in [-0.39, 0.29) is 11.7 Å². The van der Waals surface area contributed by atoms with Crippen LogP contribution in [0.15, 0.2) is 42.7 Å². The lowest BCUT2D eigenvalue weighted by atomic mass is 9.82. The van der Waals surface area contributed by atoms with E-state index in [2.05, 4.69) is 15.3 Å².